The summed E-state index contributed by atoms with van der Waals surface area (Å²) >= 11 is 3.43. The van der Waals surface area contributed by atoms with Gasteiger partial charge in [-0.15, -0.1) is 0 Å². The quantitative estimate of drug-likeness (QED) is 0.854. The van der Waals surface area contributed by atoms with E-state index in [9.17, 15) is 4.39 Å². The molecule has 1 aromatic carbocycles. The predicted octanol–water partition coefficient (Wildman–Crippen LogP) is 4.69. The van der Waals surface area contributed by atoms with Crippen molar-refractivity contribution in [2.45, 2.75) is 33.2 Å². The maximum absolute atomic E-state index is 13.2. The van der Waals surface area contributed by atoms with Gasteiger partial charge in [0.1, 0.15) is 17.3 Å². The molecule has 1 atom stereocenters. The zero-order chi connectivity index (χ0) is 14.7. The lowest BCUT2D eigenvalue weighted by Gasteiger charge is -2.18. The van der Waals surface area contributed by atoms with Crippen LogP contribution < -0.4 is 5.32 Å². The number of benzene rings is 1. The number of halogens is 2. The summed E-state index contributed by atoms with van der Waals surface area (Å²) in [5, 5.41) is 3.47. The van der Waals surface area contributed by atoms with E-state index in [1.165, 1.54) is 17.7 Å². The van der Waals surface area contributed by atoms with Gasteiger partial charge in [-0.1, -0.05) is 28.9 Å². The maximum atomic E-state index is 13.2. The van der Waals surface area contributed by atoms with E-state index in [2.05, 4.69) is 34.2 Å². The van der Waals surface area contributed by atoms with Gasteiger partial charge in [0, 0.05) is 16.1 Å². The summed E-state index contributed by atoms with van der Waals surface area (Å²) in [6.07, 6.45) is 0.786. The van der Waals surface area contributed by atoms with Gasteiger partial charge < -0.3 is 9.73 Å². The molecule has 1 aromatic heterocycles. The molecule has 20 heavy (non-hydrogen) atoms. The van der Waals surface area contributed by atoms with Crippen molar-refractivity contribution in [2.75, 3.05) is 6.54 Å². The third-order valence-corrected chi connectivity index (χ3v) is 4.08. The van der Waals surface area contributed by atoms with Gasteiger partial charge in [-0.2, -0.15) is 0 Å². The summed E-state index contributed by atoms with van der Waals surface area (Å²) in [7, 11) is 0. The molecule has 0 saturated heterocycles. The molecule has 1 unspecified atom stereocenters. The van der Waals surface area contributed by atoms with Crippen molar-refractivity contribution in [1.29, 1.82) is 0 Å². The fraction of sp³-hybridized carbons (Fsp3) is 0.375. The zero-order valence-corrected chi connectivity index (χ0v) is 13.6. The Morgan fingerprint density at radius 2 is 2.05 bits per heavy atom. The van der Waals surface area contributed by atoms with Gasteiger partial charge in [-0.05, 0) is 50.6 Å². The highest BCUT2D eigenvalue weighted by Gasteiger charge is 2.18. The highest BCUT2D eigenvalue weighted by atomic mass is 79.9. The highest BCUT2D eigenvalue weighted by Crippen LogP contribution is 2.28. The Morgan fingerprint density at radius 3 is 2.60 bits per heavy atom. The summed E-state index contributed by atoms with van der Waals surface area (Å²) in [4.78, 5) is 0. The monoisotopic (exact) mass is 339 g/mol. The molecule has 0 saturated carbocycles. The fourth-order valence-corrected chi connectivity index (χ4v) is 2.95. The number of nitrogens with one attached hydrogen (secondary N) is 1. The lowest BCUT2D eigenvalue weighted by molar-refractivity contribution is 0.484. The van der Waals surface area contributed by atoms with Gasteiger partial charge in [-0.25, -0.2) is 4.39 Å². The summed E-state index contributed by atoms with van der Waals surface area (Å²) in [5.41, 5.74) is 2.25. The molecule has 2 nitrogen and oxygen atoms in total. The van der Waals surface area contributed by atoms with E-state index >= 15 is 0 Å². The first-order chi connectivity index (χ1) is 9.51. The Labute approximate surface area is 127 Å². The molecular weight excluding hydrogens is 321 g/mol. The van der Waals surface area contributed by atoms with Gasteiger partial charge in [0.2, 0.25) is 0 Å². The van der Waals surface area contributed by atoms with Crippen LogP contribution in [0.3, 0.4) is 0 Å². The second-order valence-electron chi connectivity index (χ2n) is 4.92. The maximum Gasteiger partial charge on any atom is 0.124 e. The molecule has 0 bridgehead atoms. The van der Waals surface area contributed by atoms with Crippen molar-refractivity contribution in [1.82, 2.24) is 5.32 Å². The van der Waals surface area contributed by atoms with Crippen molar-refractivity contribution in [3.63, 3.8) is 0 Å². The second-order valence-corrected chi connectivity index (χ2v) is 5.77. The van der Waals surface area contributed by atoms with Crippen LogP contribution in [0, 0.1) is 19.7 Å². The summed E-state index contributed by atoms with van der Waals surface area (Å²) < 4.78 is 19.6. The first kappa shape index (κ1) is 15.3. The van der Waals surface area contributed by atoms with E-state index in [0.29, 0.717) is 0 Å². The van der Waals surface area contributed by atoms with Gasteiger partial charge in [-0.3, -0.25) is 0 Å². The van der Waals surface area contributed by atoms with Crippen LogP contribution in [0.15, 0.2) is 33.2 Å². The minimum atomic E-state index is -0.226. The molecule has 1 heterocycles. The van der Waals surface area contributed by atoms with Crippen LogP contribution in [-0.2, 0) is 6.42 Å². The third-order valence-electron chi connectivity index (χ3n) is 3.34. The van der Waals surface area contributed by atoms with Crippen LogP contribution in [-0.4, -0.2) is 6.54 Å². The zero-order valence-electron chi connectivity index (χ0n) is 12.0. The average Bonchev–Trinajstić information content (AvgIpc) is 2.71. The van der Waals surface area contributed by atoms with E-state index < -0.39 is 0 Å². The molecule has 2 aromatic rings. The van der Waals surface area contributed by atoms with Crippen molar-refractivity contribution < 1.29 is 8.81 Å². The molecule has 0 amide bonds. The van der Waals surface area contributed by atoms with Crippen molar-refractivity contribution in [3.05, 3.63) is 57.2 Å². The summed E-state index contributed by atoms with van der Waals surface area (Å²) in [6.45, 7) is 6.88. The Morgan fingerprint density at radius 1 is 1.30 bits per heavy atom. The number of likely N-dealkylation sites (N-methyl/N-ethyl adjacent to an activating group) is 1. The molecule has 0 aliphatic heterocycles. The van der Waals surface area contributed by atoms with Gasteiger partial charge in [0.15, 0.2) is 0 Å². The Balaban J connectivity index is 2.27. The van der Waals surface area contributed by atoms with Crippen molar-refractivity contribution in [3.8, 4) is 0 Å². The minimum Gasteiger partial charge on any atom is -0.466 e. The predicted molar refractivity (Wildman–Crippen MR) is 82.4 cm³/mol. The standard InChI is InChI=1S/C16H19BrFNO/c1-4-19-16(14-7-10(2)20-11(14)3)8-12-5-6-13(18)9-15(12)17/h5-7,9,16,19H,4,8H2,1-3H3. The van der Waals surface area contributed by atoms with Crippen LogP contribution in [0.5, 0.6) is 0 Å². The van der Waals surface area contributed by atoms with Gasteiger partial charge >= 0.3 is 0 Å². The van der Waals surface area contributed by atoms with Crippen molar-refractivity contribution >= 4 is 15.9 Å². The Bertz CT molecular complexity index is 594. The van der Waals surface area contributed by atoms with Crippen LogP contribution in [0.25, 0.3) is 0 Å². The van der Waals surface area contributed by atoms with E-state index in [1.807, 2.05) is 19.9 Å². The van der Waals surface area contributed by atoms with Gasteiger partial charge in [0.25, 0.3) is 0 Å². The molecule has 0 aliphatic carbocycles. The van der Waals surface area contributed by atoms with E-state index in [-0.39, 0.29) is 11.9 Å². The van der Waals surface area contributed by atoms with E-state index in [4.69, 9.17) is 4.42 Å². The second kappa shape index (κ2) is 6.55. The van der Waals surface area contributed by atoms with Crippen LogP contribution in [0.2, 0.25) is 0 Å². The number of aryl methyl sites for hydroxylation is 2. The van der Waals surface area contributed by atoms with Crippen LogP contribution >= 0.6 is 15.9 Å². The van der Waals surface area contributed by atoms with Crippen LogP contribution in [0.4, 0.5) is 4.39 Å². The number of furan rings is 1. The molecule has 4 heteroatoms. The van der Waals surface area contributed by atoms with Gasteiger partial charge in [0.05, 0.1) is 0 Å². The first-order valence-electron chi connectivity index (χ1n) is 6.75. The SMILES string of the molecule is CCNC(Cc1ccc(F)cc1Br)c1cc(C)oc1C. The Kier molecular flexibility index (Phi) is 5.00. The smallest absolute Gasteiger partial charge is 0.124 e. The molecule has 0 fully saturated rings. The topological polar surface area (TPSA) is 25.2 Å². The largest absolute Gasteiger partial charge is 0.466 e. The molecule has 0 radical (unpaired) electrons. The molecule has 108 valence electrons. The molecule has 1 N–H and O–H groups in total. The molecule has 0 spiro atoms. The number of hydrogen-bond donors (Lipinski definition) is 1. The normalized spacial score (nSPS) is 12.7. The van der Waals surface area contributed by atoms with E-state index in [0.717, 1.165) is 34.5 Å². The van der Waals surface area contributed by atoms with Crippen molar-refractivity contribution in [2.24, 2.45) is 0 Å². The fourth-order valence-electron chi connectivity index (χ4n) is 2.44. The molecular formula is C16H19BrFNO. The average molecular weight is 340 g/mol. The summed E-state index contributed by atoms with van der Waals surface area (Å²) in [5.74, 6) is 1.63. The lowest BCUT2D eigenvalue weighted by atomic mass is 9.99. The molecule has 0 aliphatic rings. The highest BCUT2D eigenvalue weighted by molar-refractivity contribution is 9.10. The number of hydrogen-bond acceptors (Lipinski definition) is 2. The Hall–Kier alpha value is -1.13. The third kappa shape index (κ3) is 3.49. The minimum absolute atomic E-state index is 0.166. The van der Waals surface area contributed by atoms with Crippen LogP contribution in [0.1, 0.15) is 35.6 Å². The summed E-state index contributed by atoms with van der Waals surface area (Å²) in [6, 6.07) is 7.06. The number of rotatable bonds is 5. The van der Waals surface area contributed by atoms with E-state index in [1.54, 1.807) is 0 Å². The first-order valence-corrected chi connectivity index (χ1v) is 7.54. The molecule has 2 rings (SSSR count). The lowest BCUT2D eigenvalue weighted by Crippen LogP contribution is -2.23.